The van der Waals surface area contributed by atoms with E-state index in [0.29, 0.717) is 6.54 Å². The van der Waals surface area contributed by atoms with E-state index < -0.39 is 9.84 Å². The second kappa shape index (κ2) is 6.40. The van der Waals surface area contributed by atoms with E-state index in [0.717, 1.165) is 19.4 Å². The highest BCUT2D eigenvalue weighted by atomic mass is 32.2. The number of unbranched alkanes of at least 4 members (excludes halogenated alkanes) is 1. The van der Waals surface area contributed by atoms with E-state index in [9.17, 15) is 8.42 Å². The Morgan fingerprint density at radius 2 is 1.79 bits per heavy atom. The molecular weight excluding hydrogens is 198 g/mol. The Labute approximate surface area is 88.2 Å². The van der Waals surface area contributed by atoms with Gasteiger partial charge in [0.15, 0.2) is 9.84 Å². The van der Waals surface area contributed by atoms with Gasteiger partial charge in [0.2, 0.25) is 0 Å². The molecule has 0 saturated heterocycles. The minimum Gasteiger partial charge on any atom is -0.315 e. The van der Waals surface area contributed by atoms with Crippen LogP contribution in [0.3, 0.4) is 0 Å². The molecule has 3 nitrogen and oxygen atoms in total. The Hall–Kier alpha value is -0.0900. The van der Waals surface area contributed by atoms with Crippen LogP contribution in [0.4, 0.5) is 0 Å². The van der Waals surface area contributed by atoms with Crippen molar-refractivity contribution in [2.75, 3.05) is 13.1 Å². The van der Waals surface area contributed by atoms with Gasteiger partial charge in [-0.1, -0.05) is 13.3 Å². The Balaban J connectivity index is 3.90. The van der Waals surface area contributed by atoms with Gasteiger partial charge in [0.05, 0.1) is 10.5 Å². The van der Waals surface area contributed by atoms with Crippen LogP contribution in [-0.2, 0) is 9.84 Å². The molecule has 0 spiro atoms. The maximum absolute atomic E-state index is 11.7. The Bertz CT molecular complexity index is 235. The molecule has 0 rings (SSSR count). The van der Waals surface area contributed by atoms with Gasteiger partial charge in [-0.3, -0.25) is 0 Å². The molecule has 0 aliphatic rings. The predicted octanol–water partition coefficient (Wildman–Crippen LogP) is 1.59. The molecule has 1 unspecified atom stereocenters. The lowest BCUT2D eigenvalue weighted by molar-refractivity contribution is 0.560. The lowest BCUT2D eigenvalue weighted by Crippen LogP contribution is -2.35. The average molecular weight is 221 g/mol. The summed E-state index contributed by atoms with van der Waals surface area (Å²) in [5.41, 5.74) is 0. The zero-order valence-corrected chi connectivity index (χ0v) is 10.5. The van der Waals surface area contributed by atoms with E-state index >= 15 is 0 Å². The fraction of sp³-hybridized carbons (Fsp3) is 1.00. The molecule has 0 bridgehead atoms. The van der Waals surface area contributed by atoms with Gasteiger partial charge in [-0.05, 0) is 33.7 Å². The molecule has 14 heavy (non-hydrogen) atoms. The quantitative estimate of drug-likeness (QED) is 0.664. The fourth-order valence-corrected chi connectivity index (χ4v) is 2.47. The van der Waals surface area contributed by atoms with Gasteiger partial charge in [-0.15, -0.1) is 0 Å². The van der Waals surface area contributed by atoms with Crippen LogP contribution in [0.5, 0.6) is 0 Å². The zero-order chi connectivity index (χ0) is 11.2. The lowest BCUT2D eigenvalue weighted by atomic mass is 10.3. The third-order valence-corrected chi connectivity index (χ3v) is 4.96. The van der Waals surface area contributed by atoms with Crippen molar-refractivity contribution < 1.29 is 8.42 Å². The van der Waals surface area contributed by atoms with Crippen LogP contribution >= 0.6 is 0 Å². The molecule has 1 N–H and O–H groups in total. The molecule has 4 heteroatoms. The van der Waals surface area contributed by atoms with Gasteiger partial charge < -0.3 is 5.32 Å². The van der Waals surface area contributed by atoms with Crippen LogP contribution in [0.25, 0.3) is 0 Å². The van der Waals surface area contributed by atoms with Crippen LogP contribution in [0.2, 0.25) is 0 Å². The van der Waals surface area contributed by atoms with Gasteiger partial charge in [0, 0.05) is 6.54 Å². The van der Waals surface area contributed by atoms with Crippen molar-refractivity contribution >= 4 is 9.84 Å². The minimum atomic E-state index is -2.93. The smallest absolute Gasteiger partial charge is 0.156 e. The molecule has 0 saturated carbocycles. The molecule has 86 valence electrons. The summed E-state index contributed by atoms with van der Waals surface area (Å²) >= 11 is 0. The number of rotatable bonds is 7. The standard InChI is InChI=1S/C10H23NO2S/c1-5-6-7-11-8-10(4)14(12,13)9(2)3/h9-11H,5-8H2,1-4H3. The Morgan fingerprint density at radius 3 is 2.21 bits per heavy atom. The summed E-state index contributed by atoms with van der Waals surface area (Å²) in [5.74, 6) is 0. The maximum atomic E-state index is 11.7. The second-order valence-corrected chi connectivity index (χ2v) is 6.93. The van der Waals surface area contributed by atoms with Gasteiger partial charge in [0.1, 0.15) is 0 Å². The molecule has 0 aliphatic heterocycles. The highest BCUT2D eigenvalue weighted by Gasteiger charge is 2.23. The summed E-state index contributed by atoms with van der Waals surface area (Å²) in [6, 6.07) is 0. The van der Waals surface area contributed by atoms with Gasteiger partial charge in [-0.25, -0.2) is 8.42 Å². The normalized spacial score (nSPS) is 14.6. The largest absolute Gasteiger partial charge is 0.315 e. The molecule has 0 aromatic carbocycles. The summed E-state index contributed by atoms with van der Waals surface area (Å²) in [5, 5.41) is 2.62. The fourth-order valence-electron chi connectivity index (χ4n) is 1.19. The maximum Gasteiger partial charge on any atom is 0.156 e. The van der Waals surface area contributed by atoms with Crippen LogP contribution in [0, 0.1) is 0 Å². The highest BCUT2D eigenvalue weighted by Crippen LogP contribution is 2.07. The first-order valence-corrected chi connectivity index (χ1v) is 6.97. The Kier molecular flexibility index (Phi) is 6.36. The molecule has 0 amide bonds. The summed E-state index contributed by atoms with van der Waals surface area (Å²) < 4.78 is 23.3. The summed E-state index contributed by atoms with van der Waals surface area (Å²) in [7, 11) is -2.93. The van der Waals surface area contributed by atoms with E-state index in [4.69, 9.17) is 0 Å². The first-order chi connectivity index (χ1) is 6.42. The predicted molar refractivity (Wildman–Crippen MR) is 61.3 cm³/mol. The first kappa shape index (κ1) is 13.9. The van der Waals surface area contributed by atoms with Crippen LogP contribution in [-0.4, -0.2) is 32.0 Å². The van der Waals surface area contributed by atoms with E-state index in [1.165, 1.54) is 0 Å². The van der Waals surface area contributed by atoms with Crippen molar-refractivity contribution in [3.05, 3.63) is 0 Å². The summed E-state index contributed by atoms with van der Waals surface area (Å²) in [6.07, 6.45) is 2.24. The second-order valence-electron chi connectivity index (χ2n) is 4.01. The molecule has 0 radical (unpaired) electrons. The topological polar surface area (TPSA) is 46.2 Å². The summed E-state index contributed by atoms with van der Waals surface area (Å²) in [4.78, 5) is 0. The number of hydrogen-bond donors (Lipinski definition) is 1. The van der Waals surface area contributed by atoms with Crippen molar-refractivity contribution in [2.45, 2.75) is 51.0 Å². The van der Waals surface area contributed by atoms with Crippen LogP contribution in [0.15, 0.2) is 0 Å². The van der Waals surface area contributed by atoms with Crippen molar-refractivity contribution in [1.82, 2.24) is 5.32 Å². The van der Waals surface area contributed by atoms with Crippen LogP contribution < -0.4 is 5.32 Å². The molecular formula is C10H23NO2S. The molecule has 1 atom stereocenters. The molecule has 0 aromatic heterocycles. The van der Waals surface area contributed by atoms with E-state index in [1.807, 2.05) is 0 Å². The van der Waals surface area contributed by atoms with E-state index in [1.54, 1.807) is 20.8 Å². The van der Waals surface area contributed by atoms with Gasteiger partial charge in [0.25, 0.3) is 0 Å². The zero-order valence-electron chi connectivity index (χ0n) is 9.71. The highest BCUT2D eigenvalue weighted by molar-refractivity contribution is 7.92. The van der Waals surface area contributed by atoms with Crippen molar-refractivity contribution in [1.29, 1.82) is 0 Å². The molecule has 0 aliphatic carbocycles. The molecule has 0 heterocycles. The van der Waals surface area contributed by atoms with E-state index in [-0.39, 0.29) is 10.5 Å². The SMILES string of the molecule is CCCCNCC(C)S(=O)(=O)C(C)C. The van der Waals surface area contributed by atoms with E-state index in [2.05, 4.69) is 12.2 Å². The monoisotopic (exact) mass is 221 g/mol. The average Bonchev–Trinajstić information content (AvgIpc) is 2.11. The first-order valence-electron chi connectivity index (χ1n) is 5.36. The van der Waals surface area contributed by atoms with Gasteiger partial charge in [-0.2, -0.15) is 0 Å². The third kappa shape index (κ3) is 4.42. The number of nitrogens with one attached hydrogen (secondary N) is 1. The number of sulfone groups is 1. The van der Waals surface area contributed by atoms with Crippen molar-refractivity contribution in [3.63, 3.8) is 0 Å². The lowest BCUT2D eigenvalue weighted by Gasteiger charge is -2.16. The molecule has 0 aromatic rings. The van der Waals surface area contributed by atoms with Crippen LogP contribution in [0.1, 0.15) is 40.5 Å². The van der Waals surface area contributed by atoms with Crippen molar-refractivity contribution in [2.24, 2.45) is 0 Å². The van der Waals surface area contributed by atoms with Gasteiger partial charge >= 0.3 is 0 Å². The number of hydrogen-bond acceptors (Lipinski definition) is 3. The molecule has 0 fully saturated rings. The Morgan fingerprint density at radius 1 is 1.21 bits per heavy atom. The summed E-state index contributed by atoms with van der Waals surface area (Å²) in [6.45, 7) is 8.84. The minimum absolute atomic E-state index is 0.273. The third-order valence-electron chi connectivity index (χ3n) is 2.36. The van der Waals surface area contributed by atoms with Crippen molar-refractivity contribution in [3.8, 4) is 0 Å².